The second kappa shape index (κ2) is 9.85. The molecule has 1 amide bonds. The highest BCUT2D eigenvalue weighted by Crippen LogP contribution is 2.07. The number of esters is 1. The normalized spacial score (nSPS) is 12.1. The van der Waals surface area contributed by atoms with Gasteiger partial charge in [0.25, 0.3) is 11.5 Å². The van der Waals surface area contributed by atoms with E-state index >= 15 is 0 Å². The maximum atomic E-state index is 12.0. The maximum absolute atomic E-state index is 12.0. The van der Waals surface area contributed by atoms with Gasteiger partial charge in [-0.25, -0.2) is 4.98 Å². The van der Waals surface area contributed by atoms with E-state index in [1.54, 1.807) is 24.3 Å². The number of amides is 1. The van der Waals surface area contributed by atoms with Crippen molar-refractivity contribution in [1.29, 1.82) is 0 Å². The fourth-order valence-electron chi connectivity index (χ4n) is 2.66. The number of ether oxygens (including phenoxy) is 1. The third-order valence-electron chi connectivity index (χ3n) is 4.18. The molecule has 2 aromatic rings. The summed E-state index contributed by atoms with van der Waals surface area (Å²) in [6.45, 7) is 5.90. The molecule has 1 aromatic heterocycles. The van der Waals surface area contributed by atoms with Crippen LogP contribution in [0.25, 0.3) is 10.9 Å². The van der Waals surface area contributed by atoms with Crippen LogP contribution in [-0.2, 0) is 20.7 Å². The summed E-state index contributed by atoms with van der Waals surface area (Å²) in [6.07, 6.45) is 2.19. The van der Waals surface area contributed by atoms with Gasteiger partial charge in [0.1, 0.15) is 5.82 Å². The topological polar surface area (TPSA) is 101 Å². The number of nitrogens with one attached hydrogen (secondary N) is 2. The Morgan fingerprint density at radius 3 is 2.67 bits per heavy atom. The van der Waals surface area contributed by atoms with Crippen molar-refractivity contribution in [2.75, 3.05) is 6.61 Å². The molecular weight excluding hydrogens is 346 g/mol. The van der Waals surface area contributed by atoms with Crippen molar-refractivity contribution >= 4 is 22.8 Å². The second-order valence-electron chi connectivity index (χ2n) is 7.13. The van der Waals surface area contributed by atoms with Crippen LogP contribution in [0.2, 0.25) is 0 Å². The summed E-state index contributed by atoms with van der Waals surface area (Å²) in [5.74, 6) is 0.187. The Kier molecular flexibility index (Phi) is 7.52. The van der Waals surface area contributed by atoms with Crippen LogP contribution >= 0.6 is 0 Å². The number of benzene rings is 1. The molecule has 0 aliphatic heterocycles. The summed E-state index contributed by atoms with van der Waals surface area (Å²) in [6, 6.07) is 7.06. The lowest BCUT2D eigenvalue weighted by Crippen LogP contribution is -2.36. The van der Waals surface area contributed by atoms with Gasteiger partial charge in [0.05, 0.1) is 17.3 Å². The SMILES string of the molecule is CC(C)CC[C@@H](C)NC(=O)COC(=O)CCc1nc2ccccc2c(=O)[nH]1. The lowest BCUT2D eigenvalue weighted by molar-refractivity contribution is -0.148. The van der Waals surface area contributed by atoms with Crippen molar-refractivity contribution in [3.8, 4) is 0 Å². The summed E-state index contributed by atoms with van der Waals surface area (Å²) in [5, 5.41) is 3.32. The van der Waals surface area contributed by atoms with Gasteiger partial charge in [-0.05, 0) is 37.8 Å². The molecule has 0 bridgehead atoms. The molecule has 0 saturated carbocycles. The van der Waals surface area contributed by atoms with E-state index in [1.807, 2.05) is 6.92 Å². The van der Waals surface area contributed by atoms with Crippen LogP contribution < -0.4 is 10.9 Å². The van der Waals surface area contributed by atoms with Crippen molar-refractivity contribution in [2.24, 2.45) is 5.92 Å². The van der Waals surface area contributed by atoms with Gasteiger partial charge in [0, 0.05) is 12.5 Å². The van der Waals surface area contributed by atoms with Crippen molar-refractivity contribution in [1.82, 2.24) is 15.3 Å². The van der Waals surface area contributed by atoms with E-state index in [4.69, 9.17) is 4.74 Å². The zero-order valence-electron chi connectivity index (χ0n) is 16.1. The number of carbonyl (C=O) groups is 2. The van der Waals surface area contributed by atoms with Crippen LogP contribution in [-0.4, -0.2) is 34.5 Å². The first-order valence-corrected chi connectivity index (χ1v) is 9.28. The number of aromatic nitrogens is 2. The lowest BCUT2D eigenvalue weighted by atomic mass is 10.0. The highest BCUT2D eigenvalue weighted by atomic mass is 16.5. The molecule has 2 N–H and O–H groups in total. The van der Waals surface area contributed by atoms with Crippen LogP contribution in [0.4, 0.5) is 0 Å². The summed E-state index contributed by atoms with van der Waals surface area (Å²) in [7, 11) is 0. The van der Waals surface area contributed by atoms with Gasteiger partial charge in [-0.2, -0.15) is 0 Å². The number of hydrogen-bond acceptors (Lipinski definition) is 5. The zero-order chi connectivity index (χ0) is 19.8. The average Bonchev–Trinajstić information content (AvgIpc) is 2.63. The van der Waals surface area contributed by atoms with Crippen LogP contribution in [0, 0.1) is 5.92 Å². The molecule has 0 radical (unpaired) electrons. The van der Waals surface area contributed by atoms with E-state index in [9.17, 15) is 14.4 Å². The van der Waals surface area contributed by atoms with Gasteiger partial charge in [-0.3, -0.25) is 14.4 Å². The molecule has 0 fully saturated rings. The van der Waals surface area contributed by atoms with Crippen molar-refractivity contribution in [3.63, 3.8) is 0 Å². The van der Waals surface area contributed by atoms with Gasteiger partial charge < -0.3 is 15.0 Å². The molecule has 7 heteroatoms. The molecule has 0 aliphatic carbocycles. The second-order valence-corrected chi connectivity index (χ2v) is 7.13. The Balaban J connectivity index is 1.76. The van der Waals surface area contributed by atoms with Crippen molar-refractivity contribution in [2.45, 2.75) is 52.5 Å². The number of aryl methyl sites for hydroxylation is 1. The quantitative estimate of drug-likeness (QED) is 0.657. The first kappa shape index (κ1) is 20.6. The summed E-state index contributed by atoms with van der Waals surface area (Å²) >= 11 is 0. The molecule has 1 heterocycles. The van der Waals surface area contributed by atoms with E-state index in [1.165, 1.54) is 0 Å². The fourth-order valence-corrected chi connectivity index (χ4v) is 2.66. The summed E-state index contributed by atoms with van der Waals surface area (Å²) in [5.41, 5.74) is 0.345. The molecule has 0 spiro atoms. The smallest absolute Gasteiger partial charge is 0.306 e. The molecule has 7 nitrogen and oxygen atoms in total. The molecule has 1 atom stereocenters. The van der Waals surface area contributed by atoms with Gasteiger partial charge >= 0.3 is 5.97 Å². The van der Waals surface area contributed by atoms with Crippen LogP contribution in [0.15, 0.2) is 29.1 Å². The molecule has 0 aliphatic rings. The third-order valence-corrected chi connectivity index (χ3v) is 4.18. The Labute approximate surface area is 158 Å². The predicted molar refractivity (Wildman–Crippen MR) is 103 cm³/mol. The first-order chi connectivity index (χ1) is 12.8. The van der Waals surface area contributed by atoms with E-state index in [2.05, 4.69) is 29.1 Å². The minimum Gasteiger partial charge on any atom is -0.456 e. The Bertz CT molecular complexity index is 844. The fraction of sp³-hybridized carbons (Fsp3) is 0.500. The monoisotopic (exact) mass is 373 g/mol. The van der Waals surface area contributed by atoms with Crippen LogP contribution in [0.5, 0.6) is 0 Å². The number of nitrogens with zero attached hydrogens (tertiary/aromatic N) is 1. The number of rotatable bonds is 9. The number of fused-ring (bicyclic) bond motifs is 1. The third kappa shape index (κ3) is 6.84. The number of hydrogen-bond donors (Lipinski definition) is 2. The largest absolute Gasteiger partial charge is 0.456 e. The molecule has 1 aromatic carbocycles. The highest BCUT2D eigenvalue weighted by Gasteiger charge is 2.12. The van der Waals surface area contributed by atoms with E-state index in [0.717, 1.165) is 12.8 Å². The van der Waals surface area contributed by atoms with Crippen LogP contribution in [0.1, 0.15) is 45.9 Å². The van der Waals surface area contributed by atoms with E-state index in [0.29, 0.717) is 22.6 Å². The predicted octanol–water partition coefficient (Wildman–Crippen LogP) is 2.34. The minimum atomic E-state index is -0.504. The van der Waals surface area contributed by atoms with Gasteiger partial charge in [-0.15, -0.1) is 0 Å². The average molecular weight is 373 g/mol. The molecule has 2 rings (SSSR count). The van der Waals surface area contributed by atoms with E-state index in [-0.39, 0.29) is 37.0 Å². The van der Waals surface area contributed by atoms with Crippen LogP contribution in [0.3, 0.4) is 0 Å². The first-order valence-electron chi connectivity index (χ1n) is 9.28. The summed E-state index contributed by atoms with van der Waals surface area (Å²) in [4.78, 5) is 42.7. The molecule has 27 heavy (non-hydrogen) atoms. The Hall–Kier alpha value is -2.70. The number of H-pyrrole nitrogens is 1. The Morgan fingerprint density at radius 2 is 1.93 bits per heavy atom. The minimum absolute atomic E-state index is 0.0392. The molecule has 0 unspecified atom stereocenters. The van der Waals surface area contributed by atoms with Crippen molar-refractivity contribution < 1.29 is 14.3 Å². The number of aromatic amines is 1. The van der Waals surface area contributed by atoms with Gasteiger partial charge in [-0.1, -0.05) is 26.0 Å². The van der Waals surface area contributed by atoms with E-state index < -0.39 is 5.97 Å². The standard InChI is InChI=1S/C20H27N3O4/c1-13(2)8-9-14(3)21-18(24)12-27-19(25)11-10-17-22-16-7-5-4-6-15(16)20(26)23-17/h4-7,13-14H,8-12H2,1-3H3,(H,21,24)(H,22,23,26)/t14-/m1/s1. The molecular formula is C20H27N3O4. The van der Waals surface area contributed by atoms with Gasteiger partial charge in [0.15, 0.2) is 6.61 Å². The lowest BCUT2D eigenvalue weighted by Gasteiger charge is -2.15. The van der Waals surface area contributed by atoms with Gasteiger partial charge in [0.2, 0.25) is 0 Å². The molecule has 0 saturated heterocycles. The highest BCUT2D eigenvalue weighted by molar-refractivity contribution is 5.81. The molecule has 146 valence electrons. The number of carbonyl (C=O) groups excluding carboxylic acids is 2. The summed E-state index contributed by atoms with van der Waals surface area (Å²) < 4.78 is 5.00. The number of para-hydroxylation sites is 1. The maximum Gasteiger partial charge on any atom is 0.306 e. The van der Waals surface area contributed by atoms with Crippen molar-refractivity contribution in [3.05, 3.63) is 40.4 Å². The Morgan fingerprint density at radius 1 is 1.19 bits per heavy atom. The zero-order valence-corrected chi connectivity index (χ0v) is 16.1.